The molecule has 0 unspecified atom stereocenters. The highest BCUT2D eigenvalue weighted by Gasteiger charge is 2.32. The average Bonchev–Trinajstić information content (AvgIpc) is 2.81. The Kier molecular flexibility index (Phi) is 3.36. The zero-order chi connectivity index (χ0) is 17.8. The molecule has 0 saturated heterocycles. The number of benzene rings is 1. The van der Waals surface area contributed by atoms with Crippen molar-refractivity contribution in [2.24, 2.45) is 0 Å². The number of nitrogens with one attached hydrogen (secondary N) is 1. The summed E-state index contributed by atoms with van der Waals surface area (Å²) in [6, 6.07) is 1.93. The number of hydrogen-bond acceptors (Lipinski definition) is 5. The van der Waals surface area contributed by atoms with Gasteiger partial charge in [0.1, 0.15) is 11.6 Å². The number of imide groups is 1. The highest BCUT2D eigenvalue weighted by atomic mass is 19.2. The molecule has 2 aromatic rings. The molecule has 3 rings (SSSR count). The van der Waals surface area contributed by atoms with Gasteiger partial charge in [0.25, 0.3) is 17.4 Å². The van der Waals surface area contributed by atoms with Crippen molar-refractivity contribution in [3.8, 4) is 11.4 Å². The summed E-state index contributed by atoms with van der Waals surface area (Å²) < 4.78 is 34.0. The second-order valence-electron chi connectivity index (χ2n) is 5.13. The third kappa shape index (κ3) is 1.98. The molecule has 3 N–H and O–H groups in total. The molecule has 0 atom stereocenters. The van der Waals surface area contributed by atoms with Crippen molar-refractivity contribution >= 4 is 17.6 Å². The molecule has 24 heavy (non-hydrogen) atoms. The first-order valence-corrected chi connectivity index (χ1v) is 6.72. The van der Waals surface area contributed by atoms with E-state index in [-0.39, 0.29) is 22.4 Å². The third-order valence-electron chi connectivity index (χ3n) is 3.80. The number of nitrogens with two attached hydrogens (primary N) is 1. The van der Waals surface area contributed by atoms with Gasteiger partial charge in [-0.15, -0.1) is 0 Å². The minimum atomic E-state index is -1.33. The van der Waals surface area contributed by atoms with Crippen molar-refractivity contribution < 1.29 is 23.1 Å². The van der Waals surface area contributed by atoms with E-state index in [1.807, 2.05) is 5.32 Å². The zero-order valence-electron chi connectivity index (χ0n) is 12.6. The number of rotatable bonds is 2. The Morgan fingerprint density at radius 1 is 1.12 bits per heavy atom. The Morgan fingerprint density at radius 2 is 1.79 bits per heavy atom. The number of amides is 2. The van der Waals surface area contributed by atoms with Gasteiger partial charge in [0, 0.05) is 17.7 Å². The minimum absolute atomic E-state index is 0.00349. The molecule has 1 aromatic carbocycles. The molecule has 2 heterocycles. The lowest BCUT2D eigenvalue weighted by molar-refractivity contribution is 0.0880. The second kappa shape index (κ2) is 5.15. The summed E-state index contributed by atoms with van der Waals surface area (Å²) in [5.41, 5.74) is 3.82. The van der Waals surface area contributed by atoms with Crippen LogP contribution < -0.4 is 21.3 Å². The standard InChI is InChI=1S/C15H11F2N3O4/c1-5-8(24-2)4-7(12(17)11(5)16)20-9(21)3-6-10(13(20)18)15(23)19-14(6)22/h3-4H,18H2,1-2H3,(H,19,22,23). The summed E-state index contributed by atoms with van der Waals surface area (Å²) in [4.78, 5) is 35.7. The second-order valence-corrected chi connectivity index (χ2v) is 5.13. The fourth-order valence-corrected chi connectivity index (χ4v) is 2.58. The first-order valence-electron chi connectivity index (χ1n) is 6.72. The van der Waals surface area contributed by atoms with Gasteiger partial charge in [0.2, 0.25) is 0 Å². The van der Waals surface area contributed by atoms with Gasteiger partial charge in [-0.25, -0.2) is 8.78 Å². The van der Waals surface area contributed by atoms with Gasteiger partial charge in [0.05, 0.1) is 23.9 Å². The van der Waals surface area contributed by atoms with Crippen LogP contribution in [0, 0.1) is 18.6 Å². The van der Waals surface area contributed by atoms with E-state index < -0.39 is 40.5 Å². The zero-order valence-corrected chi connectivity index (χ0v) is 12.6. The Labute approximate surface area is 133 Å². The third-order valence-corrected chi connectivity index (χ3v) is 3.80. The number of methoxy groups -OCH3 is 1. The Hall–Kier alpha value is -3.23. The molecule has 0 bridgehead atoms. The molecule has 1 aromatic heterocycles. The highest BCUT2D eigenvalue weighted by molar-refractivity contribution is 6.23. The summed E-state index contributed by atoms with van der Waals surface area (Å²) in [6.07, 6.45) is 0. The van der Waals surface area contributed by atoms with Crippen LogP contribution in [0.4, 0.5) is 14.6 Å². The fraction of sp³-hybridized carbons (Fsp3) is 0.133. The van der Waals surface area contributed by atoms with Crippen molar-refractivity contribution in [2.75, 3.05) is 12.8 Å². The number of carbonyl (C=O) groups excluding carboxylic acids is 2. The molecular formula is C15H11F2N3O4. The number of hydrogen-bond donors (Lipinski definition) is 2. The van der Waals surface area contributed by atoms with Crippen LogP contribution in [0.5, 0.6) is 5.75 Å². The lowest BCUT2D eigenvalue weighted by Gasteiger charge is -2.15. The first-order chi connectivity index (χ1) is 11.3. The first kappa shape index (κ1) is 15.7. The van der Waals surface area contributed by atoms with E-state index in [2.05, 4.69) is 0 Å². The molecule has 0 spiro atoms. The predicted molar refractivity (Wildman–Crippen MR) is 79.5 cm³/mol. The number of carbonyl (C=O) groups is 2. The number of ether oxygens (including phenoxy) is 1. The molecule has 0 fully saturated rings. The largest absolute Gasteiger partial charge is 0.496 e. The number of aromatic nitrogens is 1. The van der Waals surface area contributed by atoms with Crippen LogP contribution in [-0.2, 0) is 0 Å². The molecule has 2 amide bonds. The molecule has 0 radical (unpaired) electrons. The van der Waals surface area contributed by atoms with Crippen LogP contribution >= 0.6 is 0 Å². The van der Waals surface area contributed by atoms with Crippen LogP contribution in [0.2, 0.25) is 0 Å². The SMILES string of the molecule is COc1cc(-n2c(N)c3c(cc2=O)C(=O)NC3=O)c(F)c(F)c1C. The molecule has 7 nitrogen and oxygen atoms in total. The molecule has 0 saturated carbocycles. The molecule has 1 aliphatic heterocycles. The van der Waals surface area contributed by atoms with Gasteiger partial charge in [-0.05, 0) is 6.92 Å². The molecule has 1 aliphatic rings. The summed E-state index contributed by atoms with van der Waals surface area (Å²) in [5.74, 6) is -4.61. The van der Waals surface area contributed by atoms with E-state index in [9.17, 15) is 23.2 Å². The maximum absolute atomic E-state index is 14.3. The summed E-state index contributed by atoms with van der Waals surface area (Å²) >= 11 is 0. The van der Waals surface area contributed by atoms with E-state index in [1.54, 1.807) is 0 Å². The van der Waals surface area contributed by atoms with Gasteiger partial charge in [-0.1, -0.05) is 0 Å². The topological polar surface area (TPSA) is 103 Å². The van der Waals surface area contributed by atoms with Crippen LogP contribution in [0.1, 0.15) is 26.3 Å². The number of anilines is 1. The number of nitrogen functional groups attached to an aromatic ring is 1. The maximum atomic E-state index is 14.3. The Balaban J connectivity index is 2.40. The van der Waals surface area contributed by atoms with Gasteiger partial charge < -0.3 is 10.5 Å². The van der Waals surface area contributed by atoms with Gasteiger partial charge in [-0.2, -0.15) is 0 Å². The van der Waals surface area contributed by atoms with Crippen molar-refractivity contribution in [3.05, 3.63) is 50.8 Å². The van der Waals surface area contributed by atoms with Crippen molar-refractivity contribution in [2.45, 2.75) is 6.92 Å². The van der Waals surface area contributed by atoms with Gasteiger partial charge in [0.15, 0.2) is 11.6 Å². The van der Waals surface area contributed by atoms with Crippen LogP contribution in [0.25, 0.3) is 5.69 Å². The van der Waals surface area contributed by atoms with Crippen molar-refractivity contribution in [1.29, 1.82) is 0 Å². The maximum Gasteiger partial charge on any atom is 0.262 e. The van der Waals surface area contributed by atoms with Gasteiger partial charge >= 0.3 is 0 Å². The van der Waals surface area contributed by atoms with Crippen molar-refractivity contribution in [3.63, 3.8) is 0 Å². The summed E-state index contributed by atoms with van der Waals surface area (Å²) in [7, 11) is 1.25. The van der Waals surface area contributed by atoms with E-state index in [0.29, 0.717) is 4.57 Å². The summed E-state index contributed by atoms with van der Waals surface area (Å²) in [6.45, 7) is 1.31. The lowest BCUT2D eigenvalue weighted by atomic mass is 10.1. The predicted octanol–water partition coefficient (Wildman–Crippen LogP) is 0.899. The van der Waals surface area contributed by atoms with Crippen LogP contribution in [-0.4, -0.2) is 23.5 Å². The molecule has 9 heteroatoms. The lowest BCUT2D eigenvalue weighted by Crippen LogP contribution is -2.25. The molecule has 0 aliphatic carbocycles. The van der Waals surface area contributed by atoms with Gasteiger partial charge in [-0.3, -0.25) is 24.3 Å². The minimum Gasteiger partial charge on any atom is -0.496 e. The number of fused-ring (bicyclic) bond motifs is 1. The fourth-order valence-electron chi connectivity index (χ4n) is 2.58. The monoisotopic (exact) mass is 335 g/mol. The smallest absolute Gasteiger partial charge is 0.262 e. The number of nitrogens with zero attached hydrogens (tertiary/aromatic N) is 1. The quantitative estimate of drug-likeness (QED) is 0.794. The normalized spacial score (nSPS) is 13.0. The van der Waals surface area contributed by atoms with E-state index in [1.165, 1.54) is 14.0 Å². The average molecular weight is 335 g/mol. The summed E-state index contributed by atoms with van der Waals surface area (Å²) in [5, 5.41) is 1.98. The van der Waals surface area contributed by atoms with E-state index in [4.69, 9.17) is 10.5 Å². The van der Waals surface area contributed by atoms with E-state index in [0.717, 1.165) is 12.1 Å². The number of pyridine rings is 1. The molecular weight excluding hydrogens is 324 g/mol. The Morgan fingerprint density at radius 3 is 2.42 bits per heavy atom. The molecule has 124 valence electrons. The van der Waals surface area contributed by atoms with Crippen molar-refractivity contribution in [1.82, 2.24) is 9.88 Å². The Bertz CT molecular complexity index is 982. The van der Waals surface area contributed by atoms with E-state index >= 15 is 0 Å². The van der Waals surface area contributed by atoms with Crippen LogP contribution in [0.3, 0.4) is 0 Å². The highest BCUT2D eigenvalue weighted by Crippen LogP contribution is 2.30. The van der Waals surface area contributed by atoms with Crippen LogP contribution in [0.15, 0.2) is 16.9 Å². The number of halogens is 2.